The van der Waals surface area contributed by atoms with Gasteiger partial charge in [0.15, 0.2) is 0 Å². The quantitative estimate of drug-likeness (QED) is 0.635. The molecule has 1 aromatic rings. The minimum atomic E-state index is -2.23. The van der Waals surface area contributed by atoms with Crippen LogP contribution in [0.2, 0.25) is 0 Å². The number of hydrogen-bond acceptors (Lipinski definition) is 3. The average Bonchev–Trinajstić information content (AvgIpc) is 2.03. The van der Waals surface area contributed by atoms with Gasteiger partial charge in [0.1, 0.15) is 0 Å². The van der Waals surface area contributed by atoms with Crippen molar-refractivity contribution in [3.8, 4) is 0 Å². The third-order valence-corrected chi connectivity index (χ3v) is 1.83. The van der Waals surface area contributed by atoms with Crippen LogP contribution in [0.3, 0.4) is 0 Å². The molecule has 0 aliphatic rings. The van der Waals surface area contributed by atoms with Crippen LogP contribution >= 0.6 is 8.60 Å². The molecule has 0 amide bonds. The molecule has 0 saturated carbocycles. The Balaban J connectivity index is 0.00000144. The van der Waals surface area contributed by atoms with Gasteiger partial charge in [0.25, 0.3) is 0 Å². The van der Waals surface area contributed by atoms with Crippen LogP contribution in [0.4, 0.5) is 0 Å². The van der Waals surface area contributed by atoms with Crippen molar-refractivity contribution in [2.45, 2.75) is 13.5 Å². The number of hydrogen-bond donors (Lipinski definition) is 2. The first-order valence-corrected chi connectivity index (χ1v) is 4.71. The molecule has 0 radical (unpaired) electrons. The summed E-state index contributed by atoms with van der Waals surface area (Å²) in [5, 5.41) is 0. The van der Waals surface area contributed by atoms with Crippen molar-refractivity contribution in [3.63, 3.8) is 0 Å². The Morgan fingerprint density at radius 2 is 1.77 bits per heavy atom. The molecule has 68 valence electrons. The summed E-state index contributed by atoms with van der Waals surface area (Å²) >= 11 is 0. The first-order chi connectivity index (χ1) is 5.68. The minimum absolute atomic E-state index is 0. The van der Waals surface area contributed by atoms with Crippen LogP contribution in [0, 0.1) is 6.92 Å². The van der Waals surface area contributed by atoms with Crippen molar-refractivity contribution < 1.29 is 33.8 Å². The first-order valence-electron chi connectivity index (χ1n) is 3.55. The molecule has 3 nitrogen and oxygen atoms in total. The maximum atomic E-state index is 8.47. The Bertz CT molecular complexity index is 238. The Morgan fingerprint density at radius 3 is 2.23 bits per heavy atom. The summed E-state index contributed by atoms with van der Waals surface area (Å²) in [7, 11) is -2.23. The Hall–Kier alpha value is 0.153. The van der Waals surface area contributed by atoms with Gasteiger partial charge in [-0.3, -0.25) is 0 Å². The molecule has 0 aliphatic heterocycles. The SMILES string of the molecule is Cc1ccc(COP(O)O)cc1.[Zn]. The van der Waals surface area contributed by atoms with Crippen LogP contribution in [0.15, 0.2) is 24.3 Å². The molecular weight excluding hydrogens is 240 g/mol. The van der Waals surface area contributed by atoms with Gasteiger partial charge in [-0.25, -0.2) is 0 Å². The number of aryl methyl sites for hydroxylation is 1. The monoisotopic (exact) mass is 250 g/mol. The maximum absolute atomic E-state index is 8.47. The van der Waals surface area contributed by atoms with Crippen LogP contribution in [0.5, 0.6) is 0 Å². The fourth-order valence-electron chi connectivity index (χ4n) is 0.817. The maximum Gasteiger partial charge on any atom is 0.327 e. The zero-order valence-electron chi connectivity index (χ0n) is 7.47. The summed E-state index contributed by atoms with van der Waals surface area (Å²) in [5.41, 5.74) is 2.12. The van der Waals surface area contributed by atoms with Gasteiger partial charge in [0.2, 0.25) is 0 Å². The molecule has 5 heteroatoms. The molecule has 0 fully saturated rings. The van der Waals surface area contributed by atoms with E-state index in [0.717, 1.165) is 5.56 Å². The van der Waals surface area contributed by atoms with E-state index in [1.165, 1.54) is 5.56 Å². The van der Waals surface area contributed by atoms with E-state index in [0.29, 0.717) is 0 Å². The van der Waals surface area contributed by atoms with Gasteiger partial charge < -0.3 is 14.3 Å². The van der Waals surface area contributed by atoms with Crippen LogP contribution in [0.25, 0.3) is 0 Å². The standard InChI is InChI=1S/C8H11O3P.Zn/c1-7-2-4-8(5-3-7)6-11-12(9)10;/h2-5,9-10H,6H2,1H3;. The van der Waals surface area contributed by atoms with Crippen LogP contribution in [-0.2, 0) is 30.6 Å². The summed E-state index contributed by atoms with van der Waals surface area (Å²) in [6.45, 7) is 2.24. The average molecular weight is 252 g/mol. The summed E-state index contributed by atoms with van der Waals surface area (Å²) in [5.74, 6) is 0. The van der Waals surface area contributed by atoms with Crippen molar-refractivity contribution >= 4 is 8.60 Å². The Morgan fingerprint density at radius 1 is 1.23 bits per heavy atom. The van der Waals surface area contributed by atoms with E-state index >= 15 is 0 Å². The summed E-state index contributed by atoms with van der Waals surface area (Å²) in [6.07, 6.45) is 0. The third-order valence-electron chi connectivity index (χ3n) is 1.47. The van der Waals surface area contributed by atoms with Crippen molar-refractivity contribution in [1.82, 2.24) is 0 Å². The van der Waals surface area contributed by atoms with Gasteiger partial charge >= 0.3 is 8.60 Å². The predicted molar refractivity (Wildman–Crippen MR) is 47.3 cm³/mol. The summed E-state index contributed by atoms with van der Waals surface area (Å²) in [6, 6.07) is 7.70. The predicted octanol–water partition coefficient (Wildman–Crippen LogP) is 1.72. The van der Waals surface area contributed by atoms with Gasteiger partial charge in [0, 0.05) is 19.5 Å². The molecule has 0 aliphatic carbocycles. The molecule has 0 unspecified atom stereocenters. The first kappa shape index (κ1) is 13.2. The fourth-order valence-corrected chi connectivity index (χ4v) is 1.08. The van der Waals surface area contributed by atoms with Gasteiger partial charge in [0.05, 0.1) is 6.61 Å². The van der Waals surface area contributed by atoms with Gasteiger partial charge in [-0.1, -0.05) is 29.8 Å². The fraction of sp³-hybridized carbons (Fsp3) is 0.250. The van der Waals surface area contributed by atoms with Gasteiger partial charge in [-0.05, 0) is 12.5 Å². The van der Waals surface area contributed by atoms with Crippen molar-refractivity contribution in [2.24, 2.45) is 0 Å². The van der Waals surface area contributed by atoms with Crippen molar-refractivity contribution in [2.75, 3.05) is 0 Å². The van der Waals surface area contributed by atoms with Crippen LogP contribution < -0.4 is 0 Å². The second-order valence-corrected chi connectivity index (χ2v) is 3.28. The van der Waals surface area contributed by atoms with Crippen LogP contribution in [-0.4, -0.2) is 9.79 Å². The van der Waals surface area contributed by atoms with E-state index < -0.39 is 8.60 Å². The molecule has 0 spiro atoms. The third kappa shape index (κ3) is 5.46. The molecule has 1 rings (SSSR count). The molecule has 13 heavy (non-hydrogen) atoms. The van der Waals surface area contributed by atoms with E-state index in [9.17, 15) is 0 Å². The van der Waals surface area contributed by atoms with E-state index in [-0.39, 0.29) is 26.1 Å². The number of rotatable bonds is 3. The number of benzene rings is 1. The zero-order valence-corrected chi connectivity index (χ0v) is 11.3. The zero-order chi connectivity index (χ0) is 8.97. The molecule has 0 aromatic heterocycles. The smallest absolute Gasteiger partial charge is 0.327 e. The molecule has 0 heterocycles. The van der Waals surface area contributed by atoms with E-state index in [2.05, 4.69) is 4.52 Å². The second-order valence-electron chi connectivity index (χ2n) is 2.51. The molecule has 0 saturated heterocycles. The Labute approximate surface area is 91.5 Å². The summed E-state index contributed by atoms with van der Waals surface area (Å²) < 4.78 is 4.64. The normalized spacial score (nSPS) is 9.85. The van der Waals surface area contributed by atoms with Crippen molar-refractivity contribution in [1.29, 1.82) is 0 Å². The molecule has 0 atom stereocenters. The molecule has 1 aromatic carbocycles. The van der Waals surface area contributed by atoms with Gasteiger partial charge in [-0.15, -0.1) is 0 Å². The van der Waals surface area contributed by atoms with E-state index in [1.54, 1.807) is 0 Å². The van der Waals surface area contributed by atoms with E-state index in [1.807, 2.05) is 31.2 Å². The Kier molecular flexibility index (Phi) is 6.66. The van der Waals surface area contributed by atoms with Gasteiger partial charge in [-0.2, -0.15) is 0 Å². The molecule has 2 N–H and O–H groups in total. The molecular formula is C8H11O3PZn. The second kappa shape index (κ2) is 6.58. The molecule has 0 bridgehead atoms. The van der Waals surface area contributed by atoms with Crippen LogP contribution in [0.1, 0.15) is 11.1 Å². The summed E-state index contributed by atoms with van der Waals surface area (Å²) in [4.78, 5) is 16.9. The van der Waals surface area contributed by atoms with Crippen molar-refractivity contribution in [3.05, 3.63) is 35.4 Å². The van der Waals surface area contributed by atoms with E-state index in [4.69, 9.17) is 9.79 Å². The minimum Gasteiger partial charge on any atom is -0.328 e. The topological polar surface area (TPSA) is 49.7 Å². The largest absolute Gasteiger partial charge is 0.328 e.